The summed E-state index contributed by atoms with van der Waals surface area (Å²) >= 11 is 0. The van der Waals surface area contributed by atoms with E-state index in [1.807, 2.05) is 27.7 Å². The molecule has 0 aliphatic heterocycles. The average Bonchev–Trinajstić information content (AvgIpc) is 2.40. The van der Waals surface area contributed by atoms with Crippen molar-refractivity contribution in [2.45, 2.75) is 46.3 Å². The number of carbonyl (C=O) groups is 1. The highest BCUT2D eigenvalue weighted by Gasteiger charge is 2.18. The molecule has 1 aromatic rings. The van der Waals surface area contributed by atoms with E-state index < -0.39 is 5.60 Å². The van der Waals surface area contributed by atoms with Crippen LogP contribution in [0.25, 0.3) is 0 Å². The summed E-state index contributed by atoms with van der Waals surface area (Å²) in [6.45, 7) is 9.50. The van der Waals surface area contributed by atoms with Crippen molar-refractivity contribution < 1.29 is 13.9 Å². The summed E-state index contributed by atoms with van der Waals surface area (Å²) in [6, 6.07) is 4.80. The largest absolute Gasteiger partial charge is 0.444 e. The summed E-state index contributed by atoms with van der Waals surface area (Å²) in [5.41, 5.74) is 1.55. The second kappa shape index (κ2) is 8.13. The van der Waals surface area contributed by atoms with Gasteiger partial charge in [0.25, 0.3) is 0 Å². The summed E-state index contributed by atoms with van der Waals surface area (Å²) in [7, 11) is 1.73. The normalized spacial score (nSPS) is 11.4. The number of nitrogens with zero attached hydrogens (tertiary/aromatic N) is 1. The van der Waals surface area contributed by atoms with E-state index >= 15 is 0 Å². The van der Waals surface area contributed by atoms with E-state index in [4.69, 9.17) is 4.74 Å². The molecule has 1 amide bonds. The standard InChI is InChI=1S/C17H27FN2O2/c1-13-7-8-15(18)11-14(13)12-19-9-6-10-20(5)16(21)22-17(2,3)4/h7-8,11,19H,6,9-10,12H2,1-5H3. The van der Waals surface area contributed by atoms with Crippen molar-refractivity contribution >= 4 is 6.09 Å². The van der Waals surface area contributed by atoms with Crippen molar-refractivity contribution in [3.63, 3.8) is 0 Å². The lowest BCUT2D eigenvalue weighted by atomic mass is 10.1. The van der Waals surface area contributed by atoms with Gasteiger partial charge in [-0.2, -0.15) is 0 Å². The summed E-state index contributed by atoms with van der Waals surface area (Å²) < 4.78 is 18.4. The topological polar surface area (TPSA) is 41.6 Å². The molecule has 0 aromatic heterocycles. The van der Waals surface area contributed by atoms with Gasteiger partial charge in [-0.25, -0.2) is 9.18 Å². The van der Waals surface area contributed by atoms with Gasteiger partial charge in [0.2, 0.25) is 0 Å². The van der Waals surface area contributed by atoms with Crippen LogP contribution in [0.1, 0.15) is 38.3 Å². The molecule has 0 saturated carbocycles. The van der Waals surface area contributed by atoms with Crippen LogP contribution in [0.4, 0.5) is 9.18 Å². The van der Waals surface area contributed by atoms with Crippen molar-refractivity contribution in [1.82, 2.24) is 10.2 Å². The monoisotopic (exact) mass is 310 g/mol. The Morgan fingerprint density at radius 1 is 1.36 bits per heavy atom. The Labute approximate surface area is 132 Å². The maximum atomic E-state index is 13.2. The number of halogens is 1. The molecule has 5 heteroatoms. The van der Waals surface area contributed by atoms with Crippen molar-refractivity contribution in [2.75, 3.05) is 20.1 Å². The third-order valence-corrected chi connectivity index (χ3v) is 3.18. The average molecular weight is 310 g/mol. The summed E-state index contributed by atoms with van der Waals surface area (Å²) in [5, 5.41) is 3.27. The molecule has 0 radical (unpaired) electrons. The van der Waals surface area contributed by atoms with Crippen LogP contribution < -0.4 is 5.32 Å². The van der Waals surface area contributed by atoms with Crippen LogP contribution >= 0.6 is 0 Å². The van der Waals surface area contributed by atoms with Gasteiger partial charge in [0, 0.05) is 20.1 Å². The van der Waals surface area contributed by atoms with Crippen LogP contribution in [-0.4, -0.2) is 36.7 Å². The molecule has 124 valence electrons. The first-order valence-electron chi connectivity index (χ1n) is 7.59. The first-order chi connectivity index (χ1) is 10.2. The first kappa shape index (κ1) is 18.4. The molecule has 1 aromatic carbocycles. The van der Waals surface area contributed by atoms with Gasteiger partial charge >= 0.3 is 6.09 Å². The molecule has 0 atom stereocenters. The maximum Gasteiger partial charge on any atom is 0.410 e. The number of hydrogen-bond acceptors (Lipinski definition) is 3. The van der Waals surface area contributed by atoms with Gasteiger partial charge in [-0.05, 0) is 63.9 Å². The predicted octanol–water partition coefficient (Wildman–Crippen LogP) is 3.48. The number of amides is 1. The van der Waals surface area contributed by atoms with Gasteiger partial charge in [0.05, 0.1) is 0 Å². The highest BCUT2D eigenvalue weighted by molar-refractivity contribution is 5.67. The molecular formula is C17H27FN2O2. The van der Waals surface area contributed by atoms with E-state index in [9.17, 15) is 9.18 Å². The van der Waals surface area contributed by atoms with Crippen molar-refractivity contribution in [1.29, 1.82) is 0 Å². The van der Waals surface area contributed by atoms with E-state index in [1.165, 1.54) is 6.07 Å². The molecule has 0 unspecified atom stereocenters. The maximum absolute atomic E-state index is 13.2. The van der Waals surface area contributed by atoms with Crippen LogP contribution in [-0.2, 0) is 11.3 Å². The number of nitrogens with one attached hydrogen (secondary N) is 1. The van der Waals surface area contributed by atoms with Gasteiger partial charge in [0.15, 0.2) is 0 Å². The fourth-order valence-corrected chi connectivity index (χ4v) is 1.93. The van der Waals surface area contributed by atoms with Crippen LogP contribution in [0.3, 0.4) is 0 Å². The minimum atomic E-state index is -0.474. The molecule has 1 N–H and O–H groups in total. The Hall–Kier alpha value is -1.62. The molecule has 0 heterocycles. The van der Waals surface area contributed by atoms with Crippen molar-refractivity contribution in [3.8, 4) is 0 Å². The Kier molecular flexibility index (Phi) is 6.81. The second-order valence-corrected chi connectivity index (χ2v) is 6.50. The zero-order valence-corrected chi connectivity index (χ0v) is 14.2. The third-order valence-electron chi connectivity index (χ3n) is 3.18. The van der Waals surface area contributed by atoms with E-state index in [0.717, 1.165) is 24.1 Å². The van der Waals surface area contributed by atoms with Gasteiger partial charge in [-0.1, -0.05) is 6.07 Å². The lowest BCUT2D eigenvalue weighted by Gasteiger charge is -2.24. The lowest BCUT2D eigenvalue weighted by molar-refractivity contribution is 0.0297. The van der Waals surface area contributed by atoms with E-state index in [-0.39, 0.29) is 11.9 Å². The zero-order valence-electron chi connectivity index (χ0n) is 14.2. The number of rotatable bonds is 6. The van der Waals surface area contributed by atoms with Crippen molar-refractivity contribution in [2.24, 2.45) is 0 Å². The molecule has 22 heavy (non-hydrogen) atoms. The van der Waals surface area contributed by atoms with E-state index in [1.54, 1.807) is 24.1 Å². The zero-order chi connectivity index (χ0) is 16.8. The SMILES string of the molecule is Cc1ccc(F)cc1CNCCCN(C)C(=O)OC(C)(C)C. The van der Waals surface area contributed by atoms with E-state index in [0.29, 0.717) is 13.1 Å². The summed E-state index contributed by atoms with van der Waals surface area (Å²) in [6.07, 6.45) is 0.498. The smallest absolute Gasteiger partial charge is 0.410 e. The van der Waals surface area contributed by atoms with Crippen LogP contribution in [0.5, 0.6) is 0 Å². The van der Waals surface area contributed by atoms with Crippen LogP contribution in [0, 0.1) is 12.7 Å². The quantitative estimate of drug-likeness (QED) is 0.818. The number of ether oxygens (including phenoxy) is 1. The Morgan fingerprint density at radius 3 is 2.68 bits per heavy atom. The van der Waals surface area contributed by atoms with Crippen LogP contribution in [0.15, 0.2) is 18.2 Å². The lowest BCUT2D eigenvalue weighted by Crippen LogP contribution is -2.35. The molecular weight excluding hydrogens is 283 g/mol. The fraction of sp³-hybridized carbons (Fsp3) is 0.588. The molecule has 0 spiro atoms. The number of benzene rings is 1. The Balaban J connectivity index is 2.25. The molecule has 0 saturated heterocycles. The second-order valence-electron chi connectivity index (χ2n) is 6.50. The van der Waals surface area contributed by atoms with Gasteiger partial charge in [-0.15, -0.1) is 0 Å². The summed E-state index contributed by atoms with van der Waals surface area (Å²) in [5.74, 6) is -0.216. The highest BCUT2D eigenvalue weighted by atomic mass is 19.1. The highest BCUT2D eigenvalue weighted by Crippen LogP contribution is 2.10. The number of carbonyl (C=O) groups excluding carboxylic acids is 1. The third kappa shape index (κ3) is 6.89. The van der Waals surface area contributed by atoms with Gasteiger partial charge < -0.3 is 15.0 Å². The minimum Gasteiger partial charge on any atom is -0.444 e. The molecule has 0 bridgehead atoms. The van der Waals surface area contributed by atoms with Gasteiger partial charge in [0.1, 0.15) is 11.4 Å². The molecule has 0 aliphatic rings. The molecule has 0 aliphatic carbocycles. The predicted molar refractivity (Wildman–Crippen MR) is 86.3 cm³/mol. The minimum absolute atomic E-state index is 0.216. The fourth-order valence-electron chi connectivity index (χ4n) is 1.93. The van der Waals surface area contributed by atoms with Crippen molar-refractivity contribution in [3.05, 3.63) is 35.1 Å². The molecule has 0 fully saturated rings. The van der Waals surface area contributed by atoms with Crippen LogP contribution in [0.2, 0.25) is 0 Å². The number of hydrogen-bond donors (Lipinski definition) is 1. The first-order valence-corrected chi connectivity index (χ1v) is 7.59. The number of aryl methyl sites for hydroxylation is 1. The Morgan fingerprint density at radius 2 is 2.05 bits per heavy atom. The molecule has 1 rings (SSSR count). The van der Waals surface area contributed by atoms with Gasteiger partial charge in [-0.3, -0.25) is 0 Å². The van der Waals surface area contributed by atoms with E-state index in [2.05, 4.69) is 5.32 Å². The summed E-state index contributed by atoms with van der Waals surface area (Å²) in [4.78, 5) is 13.3. The Bertz CT molecular complexity index is 498. The molecule has 4 nitrogen and oxygen atoms in total.